The van der Waals surface area contributed by atoms with Crippen molar-refractivity contribution >= 4 is 27.5 Å². The van der Waals surface area contributed by atoms with E-state index in [0.717, 1.165) is 21.4 Å². The van der Waals surface area contributed by atoms with E-state index in [1.165, 1.54) is 19.3 Å². The Labute approximate surface area is 127 Å². The van der Waals surface area contributed by atoms with Crippen molar-refractivity contribution in [2.24, 2.45) is 0 Å². The molecule has 0 unspecified atom stereocenters. The number of aromatic nitrogens is 1. The van der Waals surface area contributed by atoms with Gasteiger partial charge in [0.1, 0.15) is 5.69 Å². The number of nitrogens with one attached hydrogen (secondary N) is 1. The first kappa shape index (κ1) is 13.4. The number of aryl methyl sites for hydroxylation is 1. The first-order valence-electron chi connectivity index (χ1n) is 6.90. The van der Waals surface area contributed by atoms with Gasteiger partial charge in [-0.1, -0.05) is 12.1 Å². The number of carbonyl (C=O) groups is 1. The van der Waals surface area contributed by atoms with Crippen molar-refractivity contribution in [3.8, 4) is 0 Å². The number of hydrogen-bond donors (Lipinski definition) is 1. The monoisotopic (exact) mass is 332 g/mol. The Morgan fingerprint density at radius 2 is 2.10 bits per heavy atom. The number of benzene rings is 1. The van der Waals surface area contributed by atoms with Gasteiger partial charge in [-0.2, -0.15) is 0 Å². The summed E-state index contributed by atoms with van der Waals surface area (Å²) in [5.41, 5.74) is 2.66. The van der Waals surface area contributed by atoms with Crippen molar-refractivity contribution in [3.63, 3.8) is 0 Å². The van der Waals surface area contributed by atoms with Gasteiger partial charge in [0, 0.05) is 16.7 Å². The largest absolute Gasteiger partial charge is 0.340 e. The molecule has 20 heavy (non-hydrogen) atoms. The summed E-state index contributed by atoms with van der Waals surface area (Å²) in [6.45, 7) is 2.01. The first-order valence-corrected chi connectivity index (χ1v) is 7.69. The molecule has 1 saturated carbocycles. The topological polar surface area (TPSA) is 34.0 Å². The maximum Gasteiger partial charge on any atom is 0.272 e. The Bertz CT molecular complexity index is 644. The van der Waals surface area contributed by atoms with Crippen LogP contribution in [0.15, 0.2) is 41.0 Å². The van der Waals surface area contributed by atoms with E-state index in [9.17, 15) is 4.79 Å². The highest BCUT2D eigenvalue weighted by atomic mass is 79.9. The first-order chi connectivity index (χ1) is 9.66. The maximum atomic E-state index is 12.5. The maximum absolute atomic E-state index is 12.5. The molecule has 0 atom stereocenters. The van der Waals surface area contributed by atoms with E-state index in [-0.39, 0.29) is 5.91 Å². The van der Waals surface area contributed by atoms with Gasteiger partial charge < -0.3 is 9.88 Å². The molecule has 1 aliphatic carbocycles. The molecule has 2 aromatic rings. The van der Waals surface area contributed by atoms with E-state index in [4.69, 9.17) is 0 Å². The molecule has 0 saturated heterocycles. The highest BCUT2D eigenvalue weighted by Crippen LogP contribution is 2.33. The number of amides is 1. The van der Waals surface area contributed by atoms with Crippen LogP contribution in [0.3, 0.4) is 0 Å². The summed E-state index contributed by atoms with van der Waals surface area (Å²) in [7, 11) is 0. The van der Waals surface area contributed by atoms with Crippen LogP contribution in [0.5, 0.6) is 0 Å². The standard InChI is InChI=1S/C16H17BrN2O/c1-11-5-2-8-13(15(11)17)18-16(20)14-9-4-10-19(14)12-6-3-7-12/h2,4-5,8-10,12H,3,6-7H2,1H3,(H,18,20). The minimum atomic E-state index is -0.0480. The van der Waals surface area contributed by atoms with Crippen LogP contribution in [-0.2, 0) is 0 Å². The fourth-order valence-electron chi connectivity index (χ4n) is 2.50. The van der Waals surface area contributed by atoms with Crippen LogP contribution in [0.4, 0.5) is 5.69 Å². The highest BCUT2D eigenvalue weighted by Gasteiger charge is 2.23. The smallest absolute Gasteiger partial charge is 0.272 e. The molecule has 1 aromatic carbocycles. The van der Waals surface area contributed by atoms with Gasteiger partial charge in [0.15, 0.2) is 0 Å². The number of carbonyl (C=O) groups excluding carboxylic acids is 1. The summed E-state index contributed by atoms with van der Waals surface area (Å²) in [5, 5.41) is 2.99. The van der Waals surface area contributed by atoms with Gasteiger partial charge in [-0.15, -0.1) is 0 Å². The third kappa shape index (κ3) is 2.40. The molecule has 4 heteroatoms. The van der Waals surface area contributed by atoms with E-state index in [2.05, 4.69) is 25.8 Å². The number of nitrogens with zero attached hydrogens (tertiary/aromatic N) is 1. The van der Waals surface area contributed by atoms with Crippen LogP contribution >= 0.6 is 15.9 Å². The molecule has 1 aromatic heterocycles. The molecule has 1 heterocycles. The summed E-state index contributed by atoms with van der Waals surface area (Å²) in [6.07, 6.45) is 5.60. The lowest BCUT2D eigenvalue weighted by molar-refractivity contribution is 0.101. The Morgan fingerprint density at radius 3 is 2.80 bits per heavy atom. The van der Waals surface area contributed by atoms with E-state index < -0.39 is 0 Å². The minimum Gasteiger partial charge on any atom is -0.340 e. The lowest BCUT2D eigenvalue weighted by Gasteiger charge is -2.28. The second kappa shape index (κ2) is 5.44. The number of halogens is 1. The van der Waals surface area contributed by atoms with Gasteiger partial charge in [-0.25, -0.2) is 0 Å². The zero-order valence-electron chi connectivity index (χ0n) is 11.4. The summed E-state index contributed by atoms with van der Waals surface area (Å²) in [5.74, 6) is -0.0480. The molecule has 1 amide bonds. The van der Waals surface area contributed by atoms with Crippen molar-refractivity contribution < 1.29 is 4.79 Å². The normalized spacial score (nSPS) is 14.9. The highest BCUT2D eigenvalue weighted by molar-refractivity contribution is 9.10. The third-order valence-electron chi connectivity index (χ3n) is 3.92. The van der Waals surface area contributed by atoms with Crippen LogP contribution in [0, 0.1) is 6.92 Å². The number of anilines is 1. The van der Waals surface area contributed by atoms with Gasteiger partial charge in [0.05, 0.1) is 5.69 Å². The van der Waals surface area contributed by atoms with Crippen LogP contribution < -0.4 is 5.32 Å². The average molecular weight is 333 g/mol. The van der Waals surface area contributed by atoms with Gasteiger partial charge in [0.25, 0.3) is 5.91 Å². The van der Waals surface area contributed by atoms with Crippen LogP contribution in [-0.4, -0.2) is 10.5 Å². The van der Waals surface area contributed by atoms with Crippen LogP contribution in [0.1, 0.15) is 41.4 Å². The predicted octanol–water partition coefficient (Wildman–Crippen LogP) is 4.54. The molecular formula is C16H17BrN2O. The van der Waals surface area contributed by atoms with Crippen LogP contribution in [0.25, 0.3) is 0 Å². The molecule has 0 radical (unpaired) electrons. The van der Waals surface area contributed by atoms with Crippen molar-refractivity contribution in [2.75, 3.05) is 5.32 Å². The van der Waals surface area contributed by atoms with Gasteiger partial charge in [-0.05, 0) is 65.9 Å². The third-order valence-corrected chi connectivity index (χ3v) is 4.97. The second-order valence-corrected chi connectivity index (χ2v) is 6.07. The molecule has 1 N–H and O–H groups in total. The lowest BCUT2D eigenvalue weighted by Crippen LogP contribution is -2.23. The second-order valence-electron chi connectivity index (χ2n) is 5.28. The molecule has 0 bridgehead atoms. The summed E-state index contributed by atoms with van der Waals surface area (Å²) < 4.78 is 3.04. The Hall–Kier alpha value is -1.55. The minimum absolute atomic E-state index is 0.0480. The summed E-state index contributed by atoms with van der Waals surface area (Å²) in [6, 6.07) is 10.2. The SMILES string of the molecule is Cc1cccc(NC(=O)c2cccn2C2CCC2)c1Br. The Balaban J connectivity index is 1.83. The fourth-order valence-corrected chi connectivity index (χ4v) is 2.86. The van der Waals surface area contributed by atoms with Crippen LogP contribution in [0.2, 0.25) is 0 Å². The summed E-state index contributed by atoms with van der Waals surface area (Å²) >= 11 is 3.52. The Morgan fingerprint density at radius 1 is 1.30 bits per heavy atom. The lowest BCUT2D eigenvalue weighted by atomic mass is 9.93. The van der Waals surface area contributed by atoms with Gasteiger partial charge in [0.2, 0.25) is 0 Å². The van der Waals surface area contributed by atoms with Crippen molar-refractivity contribution in [2.45, 2.75) is 32.2 Å². The van der Waals surface area contributed by atoms with E-state index in [0.29, 0.717) is 6.04 Å². The van der Waals surface area contributed by atoms with E-state index in [1.807, 2.05) is 43.5 Å². The molecule has 0 aliphatic heterocycles. The quantitative estimate of drug-likeness (QED) is 0.879. The Kier molecular flexibility index (Phi) is 3.66. The molecule has 104 valence electrons. The molecule has 1 aliphatic rings. The van der Waals surface area contributed by atoms with E-state index in [1.54, 1.807) is 0 Å². The molecular weight excluding hydrogens is 316 g/mol. The van der Waals surface area contributed by atoms with Crippen molar-refractivity contribution in [3.05, 3.63) is 52.3 Å². The van der Waals surface area contributed by atoms with Gasteiger partial charge in [-0.3, -0.25) is 4.79 Å². The van der Waals surface area contributed by atoms with Crippen molar-refractivity contribution in [1.82, 2.24) is 4.57 Å². The van der Waals surface area contributed by atoms with E-state index >= 15 is 0 Å². The summed E-state index contributed by atoms with van der Waals surface area (Å²) in [4.78, 5) is 12.5. The van der Waals surface area contributed by atoms with Crippen molar-refractivity contribution in [1.29, 1.82) is 0 Å². The molecule has 3 rings (SSSR count). The number of rotatable bonds is 3. The zero-order valence-corrected chi connectivity index (χ0v) is 13.0. The number of hydrogen-bond acceptors (Lipinski definition) is 1. The predicted molar refractivity (Wildman–Crippen MR) is 84.2 cm³/mol. The fraction of sp³-hybridized carbons (Fsp3) is 0.312. The molecule has 3 nitrogen and oxygen atoms in total. The average Bonchev–Trinajstić information content (AvgIpc) is 2.82. The zero-order chi connectivity index (χ0) is 14.1. The molecule has 1 fully saturated rings. The van der Waals surface area contributed by atoms with Gasteiger partial charge >= 0.3 is 0 Å². The molecule has 0 spiro atoms.